The second-order valence-corrected chi connectivity index (χ2v) is 12.2. The molecular formula is C29H46O3. The number of hydrogen-bond donors (Lipinski definition) is 2. The van der Waals surface area contributed by atoms with Crippen LogP contribution in [0.1, 0.15) is 98.8 Å². The van der Waals surface area contributed by atoms with Crippen molar-refractivity contribution in [2.75, 3.05) is 0 Å². The van der Waals surface area contributed by atoms with E-state index in [0.717, 1.165) is 36.3 Å². The van der Waals surface area contributed by atoms with Crippen molar-refractivity contribution in [1.29, 1.82) is 0 Å². The Morgan fingerprint density at radius 3 is 2.66 bits per heavy atom. The molecule has 3 heteroatoms. The Bertz CT molecular complexity index is 768. The molecule has 0 unspecified atom stereocenters. The molecule has 0 saturated heterocycles. The summed E-state index contributed by atoms with van der Waals surface area (Å²) in [6.07, 6.45) is 13.4. The molecule has 0 aromatic rings. The van der Waals surface area contributed by atoms with Crippen molar-refractivity contribution in [3.63, 3.8) is 0 Å². The molecule has 0 amide bonds. The van der Waals surface area contributed by atoms with Crippen molar-refractivity contribution in [3.8, 4) is 0 Å². The van der Waals surface area contributed by atoms with Crippen LogP contribution in [0.5, 0.6) is 0 Å². The minimum atomic E-state index is -0.623. The molecule has 6 atom stereocenters. The molecule has 3 rings (SSSR count). The fourth-order valence-corrected chi connectivity index (χ4v) is 6.84. The molecule has 0 spiro atoms. The highest BCUT2D eigenvalue weighted by Gasteiger charge is 2.50. The Hall–Kier alpha value is -1.19. The highest BCUT2D eigenvalue weighted by molar-refractivity contribution is 5.83. The van der Waals surface area contributed by atoms with Crippen LogP contribution in [0.4, 0.5) is 0 Å². The SMILES string of the molecule is C=C1/C(=C\C=C2/CCC[C@]3(C)[C@@H]([C@H](C)CCCC(=O)C(C)(C)C)CC[C@@H]23)C[C@@H](O)C[C@@H]1O. The van der Waals surface area contributed by atoms with Crippen LogP contribution in [0.15, 0.2) is 35.5 Å². The monoisotopic (exact) mass is 442 g/mol. The number of rotatable bonds is 6. The summed E-state index contributed by atoms with van der Waals surface area (Å²) >= 11 is 0. The number of carbonyl (C=O) groups is 1. The van der Waals surface area contributed by atoms with Gasteiger partial charge in [0.1, 0.15) is 5.78 Å². The van der Waals surface area contributed by atoms with E-state index in [1.54, 1.807) is 5.57 Å². The number of aliphatic hydroxyl groups excluding tert-OH is 2. The van der Waals surface area contributed by atoms with Crippen molar-refractivity contribution in [3.05, 3.63) is 35.5 Å². The van der Waals surface area contributed by atoms with Crippen molar-refractivity contribution in [1.82, 2.24) is 0 Å². The quantitative estimate of drug-likeness (QED) is 0.490. The molecule has 0 radical (unpaired) electrons. The van der Waals surface area contributed by atoms with Gasteiger partial charge in [-0.15, -0.1) is 0 Å². The average molecular weight is 443 g/mol. The Kier molecular flexibility index (Phi) is 7.93. The maximum Gasteiger partial charge on any atom is 0.138 e. The standard InChI is InChI=1S/C29H46O3/c1-19(9-7-11-27(32)28(3,4)5)24-14-15-25-21(10-8-16-29(24,25)6)12-13-22-17-23(30)18-26(31)20(22)2/h12-13,19,23-26,30-31H,2,7-11,14-18H2,1,3-6H3/b21-12+,22-13-/t19-,23-,24-,25+,26+,29-/m1/s1. The van der Waals surface area contributed by atoms with Gasteiger partial charge in [-0.3, -0.25) is 4.79 Å². The molecule has 0 bridgehead atoms. The lowest BCUT2D eigenvalue weighted by Crippen LogP contribution is -2.36. The summed E-state index contributed by atoms with van der Waals surface area (Å²) in [5.41, 5.74) is 3.45. The molecule has 3 aliphatic rings. The van der Waals surface area contributed by atoms with E-state index in [9.17, 15) is 15.0 Å². The molecule has 180 valence electrons. The molecule has 3 nitrogen and oxygen atoms in total. The highest BCUT2D eigenvalue weighted by atomic mass is 16.3. The van der Waals surface area contributed by atoms with Gasteiger partial charge in [-0.25, -0.2) is 0 Å². The molecule has 0 heterocycles. The Morgan fingerprint density at radius 1 is 1.25 bits per heavy atom. The third-order valence-corrected chi connectivity index (χ3v) is 8.89. The van der Waals surface area contributed by atoms with E-state index in [-0.39, 0.29) is 5.41 Å². The van der Waals surface area contributed by atoms with Gasteiger partial charge in [-0.1, -0.05) is 65.3 Å². The molecular weight excluding hydrogens is 396 g/mol. The van der Waals surface area contributed by atoms with Crippen LogP contribution in [0.3, 0.4) is 0 Å². The third kappa shape index (κ3) is 5.47. The first kappa shape index (κ1) is 25.4. The summed E-state index contributed by atoms with van der Waals surface area (Å²) in [7, 11) is 0. The third-order valence-electron chi connectivity index (χ3n) is 8.89. The first-order chi connectivity index (χ1) is 14.9. The van der Waals surface area contributed by atoms with Gasteiger partial charge in [-0.2, -0.15) is 0 Å². The maximum atomic E-state index is 12.3. The van der Waals surface area contributed by atoms with Crippen molar-refractivity contribution in [2.45, 2.75) is 111 Å². The van der Waals surface area contributed by atoms with Crippen LogP contribution in [0.2, 0.25) is 0 Å². The minimum Gasteiger partial charge on any atom is -0.393 e. The van der Waals surface area contributed by atoms with Crippen molar-refractivity contribution in [2.24, 2.45) is 28.6 Å². The zero-order chi connectivity index (χ0) is 23.7. The zero-order valence-electron chi connectivity index (χ0n) is 21.1. The van der Waals surface area contributed by atoms with Gasteiger partial charge in [0.2, 0.25) is 0 Å². The van der Waals surface area contributed by atoms with Crippen LogP contribution in [-0.4, -0.2) is 28.2 Å². The topological polar surface area (TPSA) is 57.5 Å². The van der Waals surface area contributed by atoms with E-state index in [1.807, 2.05) is 20.8 Å². The lowest BCUT2D eigenvalue weighted by Gasteiger charge is -2.44. The van der Waals surface area contributed by atoms with E-state index in [4.69, 9.17) is 0 Å². The number of carbonyl (C=O) groups excluding carboxylic acids is 1. The summed E-state index contributed by atoms with van der Waals surface area (Å²) in [5, 5.41) is 20.2. The van der Waals surface area contributed by atoms with Gasteiger partial charge in [0.05, 0.1) is 12.2 Å². The van der Waals surface area contributed by atoms with E-state index in [0.29, 0.717) is 42.3 Å². The lowest BCUT2D eigenvalue weighted by molar-refractivity contribution is -0.126. The van der Waals surface area contributed by atoms with Gasteiger partial charge < -0.3 is 10.2 Å². The molecule has 0 aromatic heterocycles. The minimum absolute atomic E-state index is 0.221. The summed E-state index contributed by atoms with van der Waals surface area (Å²) in [6, 6.07) is 0. The molecule has 3 saturated carbocycles. The fourth-order valence-electron chi connectivity index (χ4n) is 6.84. The number of hydrogen-bond acceptors (Lipinski definition) is 3. The van der Waals surface area contributed by atoms with Gasteiger partial charge in [0, 0.05) is 18.3 Å². The van der Waals surface area contributed by atoms with E-state index in [2.05, 4.69) is 32.6 Å². The smallest absolute Gasteiger partial charge is 0.138 e. The fraction of sp³-hybridized carbons (Fsp3) is 0.759. The molecule has 2 N–H and O–H groups in total. The van der Waals surface area contributed by atoms with Crippen LogP contribution in [-0.2, 0) is 4.79 Å². The van der Waals surface area contributed by atoms with Crippen LogP contribution < -0.4 is 0 Å². The molecule has 3 fully saturated rings. The van der Waals surface area contributed by atoms with Gasteiger partial charge in [-0.05, 0) is 79.3 Å². The zero-order valence-corrected chi connectivity index (χ0v) is 21.1. The van der Waals surface area contributed by atoms with Gasteiger partial charge in [0.15, 0.2) is 0 Å². The number of allylic oxidation sites excluding steroid dienone is 3. The summed E-state index contributed by atoms with van der Waals surface area (Å²) in [4.78, 5) is 12.3. The Morgan fingerprint density at radius 2 is 1.97 bits per heavy atom. The summed E-state index contributed by atoms with van der Waals surface area (Å²) in [6.45, 7) is 15.1. The summed E-state index contributed by atoms with van der Waals surface area (Å²) in [5.74, 6) is 2.39. The van der Waals surface area contributed by atoms with E-state index < -0.39 is 12.2 Å². The predicted molar refractivity (Wildman–Crippen MR) is 132 cm³/mol. The molecule has 3 aliphatic carbocycles. The second-order valence-electron chi connectivity index (χ2n) is 12.2. The molecule has 0 aliphatic heterocycles. The highest BCUT2D eigenvalue weighted by Crippen LogP contribution is 2.60. The number of fused-ring (bicyclic) bond motifs is 1. The normalized spacial score (nSPS) is 37.0. The van der Waals surface area contributed by atoms with Crippen molar-refractivity contribution >= 4 is 5.78 Å². The van der Waals surface area contributed by atoms with Crippen LogP contribution in [0, 0.1) is 28.6 Å². The van der Waals surface area contributed by atoms with Gasteiger partial charge >= 0.3 is 0 Å². The first-order valence-corrected chi connectivity index (χ1v) is 12.9. The largest absolute Gasteiger partial charge is 0.393 e. The van der Waals surface area contributed by atoms with Crippen LogP contribution in [0.25, 0.3) is 0 Å². The average Bonchev–Trinajstić information content (AvgIpc) is 3.06. The van der Waals surface area contributed by atoms with Crippen LogP contribution >= 0.6 is 0 Å². The number of ketones is 1. The first-order valence-electron chi connectivity index (χ1n) is 12.9. The lowest BCUT2D eigenvalue weighted by atomic mass is 9.60. The Labute approximate surface area is 196 Å². The molecule has 0 aromatic carbocycles. The predicted octanol–water partition coefficient (Wildman–Crippen LogP) is 6.55. The Balaban J connectivity index is 1.67. The maximum absolute atomic E-state index is 12.3. The van der Waals surface area contributed by atoms with E-state index in [1.165, 1.54) is 25.7 Å². The number of aliphatic hydroxyl groups is 2. The molecule has 32 heavy (non-hydrogen) atoms. The second kappa shape index (κ2) is 9.97. The van der Waals surface area contributed by atoms with E-state index >= 15 is 0 Å². The van der Waals surface area contributed by atoms with Crippen molar-refractivity contribution < 1.29 is 15.0 Å². The van der Waals surface area contributed by atoms with Gasteiger partial charge in [0.25, 0.3) is 0 Å². The summed E-state index contributed by atoms with van der Waals surface area (Å²) < 4.78 is 0. The number of Topliss-reactive ketones (excluding diaryl/α,β-unsaturated/α-hetero) is 1.